The van der Waals surface area contributed by atoms with Crippen LogP contribution in [-0.2, 0) is 14.8 Å². The Morgan fingerprint density at radius 2 is 1.71 bits per heavy atom. The molecule has 0 aliphatic carbocycles. The molecule has 2 aromatic rings. The minimum Gasteiger partial charge on any atom is -0.493 e. The Morgan fingerprint density at radius 1 is 1.00 bits per heavy atom. The molecule has 0 aromatic heterocycles. The Balaban J connectivity index is 1.71. The molecule has 7 nitrogen and oxygen atoms in total. The van der Waals surface area contributed by atoms with Crippen LogP contribution < -0.4 is 19.5 Å². The molecule has 0 bridgehead atoms. The first-order valence-electron chi connectivity index (χ1n) is 8.93. The number of benzene rings is 2. The molecule has 28 heavy (non-hydrogen) atoms. The van der Waals surface area contributed by atoms with E-state index in [1.807, 2.05) is 26.0 Å². The maximum Gasteiger partial charge on any atom is 0.240 e. The predicted octanol–water partition coefficient (Wildman–Crippen LogP) is 2.18. The average molecular weight is 407 g/mol. The summed E-state index contributed by atoms with van der Waals surface area (Å²) in [6, 6.07) is 12.2. The van der Waals surface area contributed by atoms with Gasteiger partial charge in [0, 0.05) is 13.0 Å². The lowest BCUT2D eigenvalue weighted by Gasteiger charge is -2.11. The summed E-state index contributed by atoms with van der Waals surface area (Å²) in [4.78, 5) is 12.1. The lowest BCUT2D eigenvalue weighted by molar-refractivity contribution is -0.121. The zero-order valence-corrected chi connectivity index (χ0v) is 17.1. The van der Waals surface area contributed by atoms with E-state index < -0.39 is 10.0 Å². The summed E-state index contributed by atoms with van der Waals surface area (Å²) in [5.41, 5.74) is 1.92. The average Bonchev–Trinajstić information content (AvgIpc) is 2.67. The summed E-state index contributed by atoms with van der Waals surface area (Å²) in [5.74, 6) is 0.960. The van der Waals surface area contributed by atoms with Gasteiger partial charge in [0.05, 0.1) is 18.6 Å². The third kappa shape index (κ3) is 6.24. The number of hydrogen-bond acceptors (Lipinski definition) is 5. The number of carbonyl (C=O) groups is 1. The largest absolute Gasteiger partial charge is 0.493 e. The molecule has 0 saturated carbocycles. The van der Waals surface area contributed by atoms with Gasteiger partial charge in [0.1, 0.15) is 6.61 Å². The molecule has 152 valence electrons. The number of carbonyl (C=O) groups excluding carboxylic acids is 1. The topological polar surface area (TPSA) is 93.7 Å². The molecule has 0 saturated heterocycles. The standard InChI is InChI=1S/C20H26N2O5S/c1-15-8-9-17(14-16(15)2)28(24,25)22-11-10-20(23)21-12-13-27-19-7-5-4-6-18(19)26-3/h4-9,14,22H,10-13H2,1-3H3,(H,21,23). The first-order chi connectivity index (χ1) is 13.3. The number of rotatable bonds is 10. The highest BCUT2D eigenvalue weighted by molar-refractivity contribution is 7.89. The highest BCUT2D eigenvalue weighted by atomic mass is 32.2. The minimum absolute atomic E-state index is 0.0223. The van der Waals surface area contributed by atoms with Crippen LogP contribution >= 0.6 is 0 Å². The van der Waals surface area contributed by atoms with Crippen molar-refractivity contribution in [2.75, 3.05) is 26.8 Å². The molecule has 0 atom stereocenters. The van der Waals surface area contributed by atoms with Crippen molar-refractivity contribution in [3.8, 4) is 11.5 Å². The highest BCUT2D eigenvalue weighted by Gasteiger charge is 2.14. The van der Waals surface area contributed by atoms with E-state index in [-0.39, 0.29) is 30.4 Å². The number of sulfonamides is 1. The Kier molecular flexibility index (Phi) is 7.83. The number of amides is 1. The van der Waals surface area contributed by atoms with Crippen molar-refractivity contribution in [1.82, 2.24) is 10.0 Å². The van der Waals surface area contributed by atoms with Gasteiger partial charge in [-0.3, -0.25) is 4.79 Å². The number of nitrogens with one attached hydrogen (secondary N) is 2. The fourth-order valence-electron chi connectivity index (χ4n) is 2.44. The van der Waals surface area contributed by atoms with Crippen molar-refractivity contribution in [2.24, 2.45) is 0 Å². The van der Waals surface area contributed by atoms with Crippen LogP contribution in [-0.4, -0.2) is 41.1 Å². The van der Waals surface area contributed by atoms with Crippen LogP contribution in [0.5, 0.6) is 11.5 Å². The van der Waals surface area contributed by atoms with E-state index in [2.05, 4.69) is 10.0 Å². The van der Waals surface area contributed by atoms with Gasteiger partial charge >= 0.3 is 0 Å². The molecule has 1 amide bonds. The van der Waals surface area contributed by atoms with Crippen molar-refractivity contribution in [3.05, 3.63) is 53.6 Å². The number of ether oxygens (including phenoxy) is 2. The second-order valence-electron chi connectivity index (χ2n) is 6.24. The van der Waals surface area contributed by atoms with Gasteiger partial charge in [-0.2, -0.15) is 0 Å². The van der Waals surface area contributed by atoms with Gasteiger partial charge in [0.25, 0.3) is 0 Å². The van der Waals surface area contributed by atoms with Crippen LogP contribution in [0.2, 0.25) is 0 Å². The van der Waals surface area contributed by atoms with Crippen molar-refractivity contribution in [1.29, 1.82) is 0 Å². The fourth-order valence-corrected chi connectivity index (χ4v) is 3.56. The van der Waals surface area contributed by atoms with Crippen molar-refractivity contribution in [2.45, 2.75) is 25.2 Å². The van der Waals surface area contributed by atoms with Crippen LogP contribution in [0.4, 0.5) is 0 Å². The Labute approximate surface area is 166 Å². The van der Waals surface area contributed by atoms with E-state index in [9.17, 15) is 13.2 Å². The van der Waals surface area contributed by atoms with Crippen LogP contribution in [0, 0.1) is 13.8 Å². The summed E-state index contributed by atoms with van der Waals surface area (Å²) >= 11 is 0. The van der Waals surface area contributed by atoms with Crippen LogP contribution in [0.15, 0.2) is 47.4 Å². The molecule has 0 spiro atoms. The maximum absolute atomic E-state index is 12.3. The lowest BCUT2D eigenvalue weighted by Crippen LogP contribution is -2.32. The summed E-state index contributed by atoms with van der Waals surface area (Å²) in [7, 11) is -2.07. The van der Waals surface area contributed by atoms with Crippen molar-refractivity contribution in [3.63, 3.8) is 0 Å². The third-order valence-corrected chi connectivity index (χ3v) is 5.64. The molecule has 0 heterocycles. The third-order valence-electron chi connectivity index (χ3n) is 4.18. The SMILES string of the molecule is COc1ccccc1OCCNC(=O)CCNS(=O)(=O)c1ccc(C)c(C)c1. The second-order valence-corrected chi connectivity index (χ2v) is 8.01. The van der Waals surface area contributed by atoms with Gasteiger partial charge < -0.3 is 14.8 Å². The number of para-hydroxylation sites is 2. The molecular weight excluding hydrogens is 380 g/mol. The fraction of sp³-hybridized carbons (Fsp3) is 0.350. The Bertz CT molecular complexity index is 913. The number of hydrogen-bond donors (Lipinski definition) is 2. The molecule has 0 aliphatic rings. The van der Waals surface area contributed by atoms with Gasteiger partial charge in [-0.05, 0) is 49.2 Å². The molecule has 0 radical (unpaired) electrons. The molecule has 2 aromatic carbocycles. The summed E-state index contributed by atoms with van der Waals surface area (Å²) in [5, 5.41) is 2.69. The monoisotopic (exact) mass is 406 g/mol. The summed E-state index contributed by atoms with van der Waals surface area (Å²) in [6.45, 7) is 4.38. The van der Waals surface area contributed by atoms with E-state index in [0.29, 0.717) is 18.0 Å². The predicted molar refractivity (Wildman–Crippen MR) is 107 cm³/mol. The second kappa shape index (κ2) is 10.1. The highest BCUT2D eigenvalue weighted by Crippen LogP contribution is 2.25. The van der Waals surface area contributed by atoms with Gasteiger partial charge in [0.15, 0.2) is 11.5 Å². The molecule has 0 unspecified atom stereocenters. The van der Waals surface area contributed by atoms with Gasteiger partial charge in [-0.25, -0.2) is 13.1 Å². The van der Waals surface area contributed by atoms with E-state index in [0.717, 1.165) is 11.1 Å². The van der Waals surface area contributed by atoms with Gasteiger partial charge in [-0.1, -0.05) is 18.2 Å². The molecule has 0 fully saturated rings. The first kappa shape index (κ1) is 21.7. The molecule has 8 heteroatoms. The number of aryl methyl sites for hydroxylation is 2. The number of methoxy groups -OCH3 is 1. The quantitative estimate of drug-likeness (QED) is 0.590. The van der Waals surface area contributed by atoms with E-state index in [1.165, 1.54) is 0 Å². The molecule has 2 rings (SSSR count). The zero-order chi connectivity index (χ0) is 20.6. The molecular formula is C20H26N2O5S. The van der Waals surface area contributed by atoms with E-state index in [1.54, 1.807) is 37.4 Å². The van der Waals surface area contributed by atoms with Gasteiger partial charge in [0.2, 0.25) is 15.9 Å². The van der Waals surface area contributed by atoms with Crippen LogP contribution in [0.3, 0.4) is 0 Å². The molecule has 0 aliphatic heterocycles. The minimum atomic E-state index is -3.63. The van der Waals surface area contributed by atoms with E-state index in [4.69, 9.17) is 9.47 Å². The van der Waals surface area contributed by atoms with Crippen molar-refractivity contribution >= 4 is 15.9 Å². The summed E-state index contributed by atoms with van der Waals surface area (Å²) < 4.78 is 37.8. The summed E-state index contributed by atoms with van der Waals surface area (Å²) in [6.07, 6.45) is 0.0404. The zero-order valence-electron chi connectivity index (χ0n) is 16.3. The van der Waals surface area contributed by atoms with Crippen LogP contribution in [0.1, 0.15) is 17.5 Å². The first-order valence-corrected chi connectivity index (χ1v) is 10.4. The maximum atomic E-state index is 12.3. The smallest absolute Gasteiger partial charge is 0.240 e. The normalized spacial score (nSPS) is 11.1. The van der Waals surface area contributed by atoms with Gasteiger partial charge in [-0.15, -0.1) is 0 Å². The van der Waals surface area contributed by atoms with Crippen LogP contribution in [0.25, 0.3) is 0 Å². The lowest BCUT2D eigenvalue weighted by atomic mass is 10.1. The van der Waals surface area contributed by atoms with E-state index >= 15 is 0 Å². The Hall–Kier alpha value is -2.58. The molecule has 2 N–H and O–H groups in total. The Morgan fingerprint density at radius 3 is 2.39 bits per heavy atom. The van der Waals surface area contributed by atoms with Crippen molar-refractivity contribution < 1.29 is 22.7 Å².